The van der Waals surface area contributed by atoms with E-state index in [1.54, 1.807) is 12.5 Å². The maximum atomic E-state index is 7.32. The normalized spacial score (nSPS) is 10.3. The van der Waals surface area contributed by atoms with E-state index in [0.29, 0.717) is 6.42 Å². The number of benzene rings is 1. The van der Waals surface area contributed by atoms with Crippen LogP contribution in [-0.2, 0) is 6.42 Å². The fraction of sp³-hybridized carbons (Fsp3) is 0.167. The molecule has 0 aliphatic carbocycles. The number of amidine groups is 1. The molecule has 1 heterocycles. The summed E-state index contributed by atoms with van der Waals surface area (Å²) in [5.74, 6) is 0.148. The molecule has 0 spiro atoms. The van der Waals surface area contributed by atoms with Crippen LogP contribution in [0.15, 0.2) is 36.8 Å². The van der Waals surface area contributed by atoms with Crippen molar-refractivity contribution in [2.45, 2.75) is 13.3 Å². The number of rotatable bonds is 3. The Hall–Kier alpha value is -2.10. The molecule has 1 aromatic carbocycles. The predicted octanol–water partition coefficient (Wildman–Crippen LogP) is 1.66. The summed E-state index contributed by atoms with van der Waals surface area (Å²) in [5.41, 5.74) is 8.59. The molecule has 2 aromatic rings. The van der Waals surface area contributed by atoms with Gasteiger partial charge in [0.25, 0.3) is 0 Å². The molecule has 0 aliphatic heterocycles. The van der Waals surface area contributed by atoms with Gasteiger partial charge in [-0.2, -0.15) is 0 Å². The summed E-state index contributed by atoms with van der Waals surface area (Å²) in [7, 11) is 0. The number of nitrogens with two attached hydrogens (primary N) is 1. The minimum Gasteiger partial charge on any atom is -0.387 e. The van der Waals surface area contributed by atoms with Crippen molar-refractivity contribution in [3.05, 3.63) is 48.0 Å². The van der Waals surface area contributed by atoms with Gasteiger partial charge in [-0.25, -0.2) is 4.98 Å². The highest BCUT2D eigenvalue weighted by Crippen LogP contribution is 2.15. The van der Waals surface area contributed by atoms with Crippen LogP contribution in [0.5, 0.6) is 0 Å². The standard InChI is InChI=1S/C12H14N4/c1-9-4-2-3-5-11(9)16-8-15-7-10(16)6-12(13)14/h2-5,7-8H,6H2,1H3,(H3,13,14). The third-order valence-corrected chi connectivity index (χ3v) is 2.46. The summed E-state index contributed by atoms with van der Waals surface area (Å²) < 4.78 is 1.97. The van der Waals surface area contributed by atoms with Gasteiger partial charge >= 0.3 is 0 Å². The molecular formula is C12H14N4. The smallest absolute Gasteiger partial charge is 0.0994 e. The topological polar surface area (TPSA) is 67.7 Å². The number of nitrogens with one attached hydrogen (secondary N) is 1. The molecular weight excluding hydrogens is 200 g/mol. The largest absolute Gasteiger partial charge is 0.387 e. The first-order valence-electron chi connectivity index (χ1n) is 5.08. The quantitative estimate of drug-likeness (QED) is 0.602. The molecule has 0 fully saturated rings. The van der Waals surface area contributed by atoms with Crippen molar-refractivity contribution in [1.29, 1.82) is 5.41 Å². The van der Waals surface area contributed by atoms with Crippen molar-refractivity contribution in [3.63, 3.8) is 0 Å². The Morgan fingerprint density at radius 1 is 1.44 bits per heavy atom. The predicted molar refractivity (Wildman–Crippen MR) is 63.9 cm³/mol. The van der Waals surface area contributed by atoms with Crippen molar-refractivity contribution in [2.75, 3.05) is 0 Å². The lowest BCUT2D eigenvalue weighted by molar-refractivity contribution is 0.964. The Morgan fingerprint density at radius 2 is 2.19 bits per heavy atom. The molecule has 0 atom stereocenters. The lowest BCUT2D eigenvalue weighted by Crippen LogP contribution is -2.15. The summed E-state index contributed by atoms with van der Waals surface area (Å²) in [6, 6.07) is 8.06. The van der Waals surface area contributed by atoms with Crippen LogP contribution >= 0.6 is 0 Å². The van der Waals surface area contributed by atoms with E-state index >= 15 is 0 Å². The molecule has 0 saturated carbocycles. The molecule has 3 N–H and O–H groups in total. The zero-order valence-electron chi connectivity index (χ0n) is 9.14. The fourth-order valence-electron chi connectivity index (χ4n) is 1.70. The first-order chi connectivity index (χ1) is 7.68. The van der Waals surface area contributed by atoms with Gasteiger partial charge in [-0.3, -0.25) is 5.41 Å². The molecule has 0 aliphatic rings. The maximum absolute atomic E-state index is 7.32. The SMILES string of the molecule is Cc1ccccc1-n1cncc1CC(=N)N. The molecule has 0 bridgehead atoms. The van der Waals surface area contributed by atoms with Gasteiger partial charge in [0.1, 0.15) is 0 Å². The van der Waals surface area contributed by atoms with E-state index in [0.717, 1.165) is 11.4 Å². The molecule has 0 radical (unpaired) electrons. The zero-order valence-corrected chi connectivity index (χ0v) is 9.14. The van der Waals surface area contributed by atoms with E-state index in [1.807, 2.05) is 35.8 Å². The van der Waals surface area contributed by atoms with Crippen molar-refractivity contribution in [3.8, 4) is 5.69 Å². The number of imidazole rings is 1. The van der Waals surface area contributed by atoms with Gasteiger partial charge in [0.05, 0.1) is 12.2 Å². The number of aryl methyl sites for hydroxylation is 1. The van der Waals surface area contributed by atoms with Crippen LogP contribution in [0.1, 0.15) is 11.3 Å². The van der Waals surface area contributed by atoms with E-state index in [9.17, 15) is 0 Å². The van der Waals surface area contributed by atoms with Crippen LogP contribution in [0.4, 0.5) is 0 Å². The highest BCUT2D eigenvalue weighted by Gasteiger charge is 2.06. The Labute approximate surface area is 94.2 Å². The molecule has 4 heteroatoms. The number of para-hydroxylation sites is 1. The third-order valence-electron chi connectivity index (χ3n) is 2.46. The summed E-state index contributed by atoms with van der Waals surface area (Å²) in [4.78, 5) is 4.10. The van der Waals surface area contributed by atoms with Crippen molar-refractivity contribution in [2.24, 2.45) is 5.73 Å². The van der Waals surface area contributed by atoms with Gasteiger partial charge < -0.3 is 10.3 Å². The highest BCUT2D eigenvalue weighted by molar-refractivity contribution is 5.79. The van der Waals surface area contributed by atoms with Gasteiger partial charge in [0.2, 0.25) is 0 Å². The van der Waals surface area contributed by atoms with Crippen molar-refractivity contribution >= 4 is 5.84 Å². The number of hydrogen-bond donors (Lipinski definition) is 2. The van der Waals surface area contributed by atoms with E-state index in [-0.39, 0.29) is 5.84 Å². The van der Waals surface area contributed by atoms with Gasteiger partial charge in [-0.05, 0) is 18.6 Å². The fourth-order valence-corrected chi connectivity index (χ4v) is 1.70. The molecule has 16 heavy (non-hydrogen) atoms. The molecule has 4 nitrogen and oxygen atoms in total. The molecule has 0 unspecified atom stereocenters. The van der Waals surface area contributed by atoms with Crippen molar-refractivity contribution < 1.29 is 0 Å². The number of aromatic nitrogens is 2. The van der Waals surface area contributed by atoms with Crippen LogP contribution < -0.4 is 5.73 Å². The first kappa shape index (κ1) is 10.4. The van der Waals surface area contributed by atoms with Gasteiger partial charge in [-0.15, -0.1) is 0 Å². The average Bonchev–Trinajstić information content (AvgIpc) is 2.66. The number of hydrogen-bond acceptors (Lipinski definition) is 2. The second-order valence-corrected chi connectivity index (χ2v) is 3.74. The summed E-state index contributed by atoms with van der Waals surface area (Å²) in [5, 5.41) is 7.32. The van der Waals surface area contributed by atoms with E-state index in [1.165, 1.54) is 5.56 Å². The van der Waals surface area contributed by atoms with Crippen LogP contribution in [0.3, 0.4) is 0 Å². The molecule has 2 rings (SSSR count). The van der Waals surface area contributed by atoms with Gasteiger partial charge in [-0.1, -0.05) is 18.2 Å². The van der Waals surface area contributed by atoms with Crippen LogP contribution in [-0.4, -0.2) is 15.4 Å². The second kappa shape index (κ2) is 4.18. The summed E-state index contributed by atoms with van der Waals surface area (Å²) in [6.07, 6.45) is 3.92. The molecule has 1 aromatic heterocycles. The minimum atomic E-state index is 0.148. The summed E-state index contributed by atoms with van der Waals surface area (Å²) in [6.45, 7) is 2.05. The van der Waals surface area contributed by atoms with Gasteiger partial charge in [0.15, 0.2) is 0 Å². The zero-order chi connectivity index (χ0) is 11.5. The lowest BCUT2D eigenvalue weighted by Gasteiger charge is -2.10. The van der Waals surface area contributed by atoms with Crippen molar-refractivity contribution in [1.82, 2.24) is 9.55 Å². The second-order valence-electron chi connectivity index (χ2n) is 3.74. The first-order valence-corrected chi connectivity index (χ1v) is 5.08. The monoisotopic (exact) mass is 214 g/mol. The Balaban J connectivity index is 2.45. The molecule has 0 amide bonds. The Kier molecular flexibility index (Phi) is 2.72. The minimum absolute atomic E-state index is 0.148. The molecule has 82 valence electrons. The van der Waals surface area contributed by atoms with Crippen LogP contribution in [0.25, 0.3) is 5.69 Å². The van der Waals surface area contributed by atoms with E-state index in [4.69, 9.17) is 11.1 Å². The van der Waals surface area contributed by atoms with Gasteiger partial charge in [0, 0.05) is 24.0 Å². The summed E-state index contributed by atoms with van der Waals surface area (Å²) >= 11 is 0. The highest BCUT2D eigenvalue weighted by atomic mass is 15.1. The van der Waals surface area contributed by atoms with Crippen LogP contribution in [0.2, 0.25) is 0 Å². The van der Waals surface area contributed by atoms with E-state index in [2.05, 4.69) is 4.98 Å². The maximum Gasteiger partial charge on any atom is 0.0994 e. The number of nitrogens with zero attached hydrogens (tertiary/aromatic N) is 2. The lowest BCUT2D eigenvalue weighted by atomic mass is 10.2. The Bertz CT molecular complexity index is 513. The average molecular weight is 214 g/mol. The van der Waals surface area contributed by atoms with Crippen LogP contribution in [0, 0.1) is 12.3 Å². The molecule has 0 saturated heterocycles. The third kappa shape index (κ3) is 1.95. The van der Waals surface area contributed by atoms with E-state index < -0.39 is 0 Å². The Morgan fingerprint density at radius 3 is 2.88 bits per heavy atom.